The van der Waals surface area contributed by atoms with Crippen LogP contribution in [-0.4, -0.2) is 4.57 Å². The lowest BCUT2D eigenvalue weighted by Gasteiger charge is -2.10. The zero-order valence-corrected chi connectivity index (χ0v) is 36.0. The van der Waals surface area contributed by atoms with E-state index in [-0.39, 0.29) is 0 Å². The summed E-state index contributed by atoms with van der Waals surface area (Å²) in [5.41, 5.74) is 20.4. The van der Waals surface area contributed by atoms with Crippen LogP contribution in [0.2, 0.25) is 0 Å². The Kier molecular flexibility index (Phi) is 8.17. The fraction of sp³-hybridized carbons (Fsp3) is 0.0476. The van der Waals surface area contributed by atoms with Crippen molar-refractivity contribution in [3.8, 4) is 61.3 Å². The molecular weight excluding hydrogens is 803 g/mol. The van der Waals surface area contributed by atoms with E-state index in [0.717, 1.165) is 72.2 Å². The highest BCUT2D eigenvalue weighted by molar-refractivity contribution is 6.12. The Bertz CT molecular complexity index is 4070. The first-order chi connectivity index (χ1) is 32.6. The van der Waals surface area contributed by atoms with Crippen molar-refractivity contribution in [3.05, 3.63) is 224 Å². The molecule has 0 radical (unpaired) electrons. The summed E-state index contributed by atoms with van der Waals surface area (Å²) >= 11 is 0. The first-order valence-electron chi connectivity index (χ1n) is 23.0. The van der Waals surface area contributed by atoms with Gasteiger partial charge in [-0.1, -0.05) is 133 Å². The van der Waals surface area contributed by atoms with Gasteiger partial charge in [-0.15, -0.1) is 0 Å². The highest BCUT2D eigenvalue weighted by atomic mass is 16.3. The molecular formula is C63H41NO2. The maximum Gasteiger partial charge on any atom is 0.135 e. The molecule has 3 heteroatoms. The van der Waals surface area contributed by atoms with Gasteiger partial charge in [0.05, 0.1) is 11.0 Å². The molecule has 0 atom stereocenters. The summed E-state index contributed by atoms with van der Waals surface area (Å²) in [6.07, 6.45) is 2.62. The van der Waals surface area contributed by atoms with Crippen LogP contribution in [0.1, 0.15) is 24.3 Å². The van der Waals surface area contributed by atoms with Gasteiger partial charge in [0.2, 0.25) is 0 Å². The number of fused-ring (bicyclic) bond motifs is 9. The van der Waals surface area contributed by atoms with Gasteiger partial charge in [0, 0.05) is 38.0 Å². The maximum absolute atomic E-state index is 6.48. The standard InChI is InChI=1S/C63H41NO2/c1-2-9-39(10-3-1)47-21-26-59-53(34-47)52-17-4-5-18-58(52)64(59)51-25-30-63-57(38-51)56-37-50(24-29-62(56)66-63)49-23-28-61-55(36-49)54-35-48(22-27-60(54)65-61)46-16-8-15-45(33-46)44-14-7-13-43(32-44)42-12-6-11-41(31-42)40-19-20-40/h1-18,21-38,40H,19-20H2. The molecule has 3 nitrogen and oxygen atoms in total. The van der Waals surface area contributed by atoms with Crippen LogP contribution in [0.4, 0.5) is 0 Å². The van der Waals surface area contributed by atoms with Gasteiger partial charge in [0.15, 0.2) is 0 Å². The van der Waals surface area contributed by atoms with Gasteiger partial charge in [-0.2, -0.15) is 0 Å². The third-order valence-corrected chi connectivity index (χ3v) is 14.0. The minimum Gasteiger partial charge on any atom is -0.456 e. The predicted octanol–water partition coefficient (Wildman–Crippen LogP) is 17.8. The van der Waals surface area contributed by atoms with Crippen LogP contribution in [0, 0.1) is 0 Å². The van der Waals surface area contributed by atoms with Gasteiger partial charge in [-0.3, -0.25) is 0 Å². The number of hydrogen-bond acceptors (Lipinski definition) is 2. The first-order valence-corrected chi connectivity index (χ1v) is 23.0. The quantitative estimate of drug-likeness (QED) is 0.160. The van der Waals surface area contributed by atoms with E-state index in [1.807, 2.05) is 0 Å². The third-order valence-electron chi connectivity index (χ3n) is 14.0. The molecule has 0 N–H and O–H groups in total. The van der Waals surface area contributed by atoms with Crippen molar-refractivity contribution in [1.29, 1.82) is 0 Å². The lowest BCUT2D eigenvalue weighted by atomic mass is 9.95. The summed E-state index contributed by atoms with van der Waals surface area (Å²) in [6.45, 7) is 0. The lowest BCUT2D eigenvalue weighted by Crippen LogP contribution is -1.93. The largest absolute Gasteiger partial charge is 0.456 e. The Morgan fingerprint density at radius 3 is 1.30 bits per heavy atom. The second-order valence-electron chi connectivity index (χ2n) is 18.0. The number of rotatable bonds is 7. The van der Waals surface area contributed by atoms with Crippen LogP contribution in [0.15, 0.2) is 227 Å². The van der Waals surface area contributed by atoms with E-state index in [0.29, 0.717) is 0 Å². The molecule has 1 fully saturated rings. The molecule has 0 spiro atoms. The van der Waals surface area contributed by atoms with Crippen LogP contribution >= 0.6 is 0 Å². The molecule has 0 aliphatic heterocycles. The minimum absolute atomic E-state index is 0.734. The van der Waals surface area contributed by atoms with E-state index >= 15 is 0 Å². The van der Waals surface area contributed by atoms with Crippen molar-refractivity contribution >= 4 is 65.7 Å². The van der Waals surface area contributed by atoms with Gasteiger partial charge in [-0.25, -0.2) is 0 Å². The molecule has 13 aromatic rings. The number of hydrogen-bond donors (Lipinski definition) is 0. The molecule has 0 amide bonds. The smallest absolute Gasteiger partial charge is 0.135 e. The van der Waals surface area contributed by atoms with Crippen LogP contribution in [-0.2, 0) is 0 Å². The molecule has 0 unspecified atom stereocenters. The second kappa shape index (κ2) is 14.6. The molecule has 66 heavy (non-hydrogen) atoms. The highest BCUT2D eigenvalue weighted by Gasteiger charge is 2.23. The number of nitrogens with zero attached hydrogens (tertiary/aromatic N) is 1. The van der Waals surface area contributed by atoms with Crippen LogP contribution < -0.4 is 0 Å². The summed E-state index contributed by atoms with van der Waals surface area (Å²) in [4.78, 5) is 0. The van der Waals surface area contributed by atoms with Gasteiger partial charge in [0.1, 0.15) is 22.3 Å². The van der Waals surface area contributed by atoms with Crippen LogP contribution in [0.5, 0.6) is 0 Å². The summed E-state index contributed by atoms with van der Waals surface area (Å²) in [5.74, 6) is 0.734. The van der Waals surface area contributed by atoms with Crippen molar-refractivity contribution in [2.24, 2.45) is 0 Å². The summed E-state index contributed by atoms with van der Waals surface area (Å²) in [7, 11) is 0. The molecule has 0 saturated heterocycles. The van der Waals surface area contributed by atoms with E-state index in [1.165, 1.54) is 79.2 Å². The van der Waals surface area contributed by atoms with Crippen LogP contribution in [0.3, 0.4) is 0 Å². The first kappa shape index (κ1) is 37.0. The highest BCUT2D eigenvalue weighted by Crippen LogP contribution is 2.43. The Hall–Kier alpha value is -8.40. The average molecular weight is 844 g/mol. The predicted molar refractivity (Wildman–Crippen MR) is 274 cm³/mol. The monoisotopic (exact) mass is 843 g/mol. The molecule has 1 aliphatic rings. The van der Waals surface area contributed by atoms with E-state index in [4.69, 9.17) is 8.83 Å². The summed E-state index contributed by atoms with van der Waals surface area (Å²) in [6, 6.07) is 79.4. The van der Waals surface area contributed by atoms with E-state index in [2.05, 4.69) is 223 Å². The van der Waals surface area contributed by atoms with Gasteiger partial charge in [-0.05, 0) is 165 Å². The SMILES string of the molecule is c1ccc(-c2ccc3c(c2)c2ccccc2n3-c2ccc3oc4ccc(-c5ccc6oc7ccc(-c8cccc(-c9cccc(-c%10cccc(C%11CC%11)c%10)c9)c8)cc7c6c5)cc4c3c2)cc1. The number of para-hydroxylation sites is 1. The second-order valence-corrected chi connectivity index (χ2v) is 18.0. The van der Waals surface area contributed by atoms with E-state index in [1.54, 1.807) is 0 Å². The molecule has 1 saturated carbocycles. The Balaban J connectivity index is 0.821. The molecule has 1 aliphatic carbocycles. The molecule has 0 bridgehead atoms. The zero-order valence-electron chi connectivity index (χ0n) is 36.0. The molecule has 310 valence electrons. The fourth-order valence-electron chi connectivity index (χ4n) is 10.4. The Labute approximate surface area is 381 Å². The normalized spacial score (nSPS) is 13.0. The van der Waals surface area contributed by atoms with Crippen molar-refractivity contribution in [3.63, 3.8) is 0 Å². The van der Waals surface area contributed by atoms with Crippen LogP contribution in [0.25, 0.3) is 127 Å². The number of furan rings is 2. The number of benzene rings is 10. The molecule has 3 heterocycles. The maximum atomic E-state index is 6.48. The lowest BCUT2D eigenvalue weighted by molar-refractivity contribution is 0.668. The topological polar surface area (TPSA) is 31.2 Å². The van der Waals surface area contributed by atoms with E-state index in [9.17, 15) is 0 Å². The fourth-order valence-corrected chi connectivity index (χ4v) is 10.4. The van der Waals surface area contributed by atoms with Crippen molar-refractivity contribution in [2.45, 2.75) is 18.8 Å². The Morgan fingerprint density at radius 2 is 0.712 bits per heavy atom. The van der Waals surface area contributed by atoms with Crippen molar-refractivity contribution in [1.82, 2.24) is 4.57 Å². The summed E-state index contributed by atoms with van der Waals surface area (Å²) < 4.78 is 15.3. The molecule has 10 aromatic carbocycles. The minimum atomic E-state index is 0.734. The van der Waals surface area contributed by atoms with Gasteiger partial charge >= 0.3 is 0 Å². The molecule has 3 aromatic heterocycles. The molecule has 14 rings (SSSR count). The number of aromatic nitrogens is 1. The zero-order chi connectivity index (χ0) is 43.3. The third kappa shape index (κ3) is 6.12. The van der Waals surface area contributed by atoms with Gasteiger partial charge < -0.3 is 13.4 Å². The van der Waals surface area contributed by atoms with E-state index < -0.39 is 0 Å². The van der Waals surface area contributed by atoms with Crippen molar-refractivity contribution in [2.75, 3.05) is 0 Å². The van der Waals surface area contributed by atoms with Gasteiger partial charge in [0.25, 0.3) is 0 Å². The summed E-state index contributed by atoms with van der Waals surface area (Å²) in [5, 5.41) is 6.86. The van der Waals surface area contributed by atoms with Crippen molar-refractivity contribution < 1.29 is 8.83 Å². The Morgan fingerprint density at radius 1 is 0.288 bits per heavy atom. The average Bonchev–Trinajstić information content (AvgIpc) is 3.98.